The molecule has 2 heterocycles. The van der Waals surface area contributed by atoms with Crippen LogP contribution in [0.1, 0.15) is 28.2 Å². The van der Waals surface area contributed by atoms with E-state index in [1.165, 1.54) is 19.1 Å². The van der Waals surface area contributed by atoms with Crippen molar-refractivity contribution in [2.24, 2.45) is 17.8 Å². The van der Waals surface area contributed by atoms with Crippen LogP contribution in [0.5, 0.6) is 0 Å². The van der Waals surface area contributed by atoms with Crippen LogP contribution in [-0.2, 0) is 32.6 Å². The molecule has 0 radical (unpaired) electrons. The first kappa shape index (κ1) is 29.5. The molecule has 0 aliphatic rings. The Morgan fingerprint density at radius 3 is 2.48 bits per heavy atom. The molecule has 3 N–H and O–H groups in total. The Bertz CT molecular complexity index is 1590. The summed E-state index contributed by atoms with van der Waals surface area (Å²) >= 11 is 0. The maximum absolute atomic E-state index is 13.5. The van der Waals surface area contributed by atoms with E-state index in [1.54, 1.807) is 48.7 Å². The number of nitrogens with zero attached hydrogens (tertiary/aromatic N) is 5. The van der Waals surface area contributed by atoms with Gasteiger partial charge in [0.15, 0.2) is 6.73 Å². The summed E-state index contributed by atoms with van der Waals surface area (Å²) in [5.74, 6) is 0.693. The minimum atomic E-state index is -0.835. The summed E-state index contributed by atoms with van der Waals surface area (Å²) < 4.78 is 15.8. The Hall–Kier alpha value is -5.46. The highest BCUT2D eigenvalue weighted by molar-refractivity contribution is 6.07. The van der Waals surface area contributed by atoms with Crippen molar-refractivity contribution in [3.63, 3.8) is 0 Å². The van der Waals surface area contributed by atoms with Crippen molar-refractivity contribution in [1.29, 1.82) is 0 Å². The zero-order valence-corrected chi connectivity index (χ0v) is 23.4. The fourth-order valence-electron chi connectivity index (χ4n) is 4.08. The molecule has 13 nitrogen and oxygen atoms in total. The molecule has 0 saturated carbocycles. The number of hydrogen-bond donors (Lipinski definition) is 2. The number of aromatic nitrogens is 3. The molecule has 0 spiro atoms. The quantitative estimate of drug-likeness (QED) is 0.155. The van der Waals surface area contributed by atoms with E-state index in [0.717, 1.165) is 17.0 Å². The predicted molar refractivity (Wildman–Crippen MR) is 156 cm³/mol. The molecule has 0 atom stereocenters. The first-order valence-corrected chi connectivity index (χ1v) is 12.9. The van der Waals surface area contributed by atoms with E-state index in [9.17, 15) is 14.4 Å². The van der Waals surface area contributed by atoms with Gasteiger partial charge >= 0.3 is 12.1 Å². The van der Waals surface area contributed by atoms with Crippen LogP contribution < -0.4 is 16.0 Å². The molecule has 2 aromatic carbocycles. The average Bonchev–Trinajstić information content (AvgIpc) is 3.34. The van der Waals surface area contributed by atoms with Gasteiger partial charge in [0.05, 0.1) is 38.2 Å². The fraction of sp³-hybridized carbons (Fsp3) is 0.241. The number of rotatable bonds is 11. The third kappa shape index (κ3) is 7.18. The van der Waals surface area contributed by atoms with Crippen molar-refractivity contribution in [3.05, 3.63) is 83.8 Å². The standard InChI is InChI=1S/C29H31N7O6/c1-35-23-12-9-20(28(38)36(15-13-26(37)40-2)24-6-4-5-14-31-24)16-22(23)34-25(35)17-32-21-10-7-19(8-11-21)27(30)33-18-42-29(39)41-3/h4-12,14,16,32H,13,15,17-18H2,1-3H3,(H2,30,33). The van der Waals surface area contributed by atoms with Gasteiger partial charge in [-0.1, -0.05) is 6.07 Å². The Morgan fingerprint density at radius 2 is 1.79 bits per heavy atom. The average molecular weight is 574 g/mol. The van der Waals surface area contributed by atoms with Crippen LogP contribution in [0.3, 0.4) is 0 Å². The number of ether oxygens (including phenoxy) is 3. The van der Waals surface area contributed by atoms with E-state index in [1.807, 2.05) is 29.8 Å². The highest BCUT2D eigenvalue weighted by atomic mass is 16.7. The highest BCUT2D eigenvalue weighted by Crippen LogP contribution is 2.21. The van der Waals surface area contributed by atoms with Crippen LogP contribution in [0.2, 0.25) is 0 Å². The highest BCUT2D eigenvalue weighted by Gasteiger charge is 2.21. The molecule has 1 amide bonds. The van der Waals surface area contributed by atoms with E-state index < -0.39 is 12.1 Å². The number of carbonyl (C=O) groups is 3. The van der Waals surface area contributed by atoms with Gasteiger partial charge in [-0.15, -0.1) is 0 Å². The van der Waals surface area contributed by atoms with E-state index in [4.69, 9.17) is 20.2 Å². The number of fused-ring (bicyclic) bond motifs is 1. The molecule has 0 bridgehead atoms. The normalized spacial score (nSPS) is 11.2. The Morgan fingerprint density at radius 1 is 1.02 bits per heavy atom. The van der Waals surface area contributed by atoms with Gasteiger partial charge in [-0.2, -0.15) is 0 Å². The zero-order valence-electron chi connectivity index (χ0n) is 23.4. The molecular formula is C29H31N7O6. The van der Waals surface area contributed by atoms with Gasteiger partial charge in [-0.25, -0.2) is 19.8 Å². The summed E-state index contributed by atoms with van der Waals surface area (Å²) in [6.07, 6.45) is 0.788. The summed E-state index contributed by atoms with van der Waals surface area (Å²) in [5.41, 5.74) is 9.38. The number of amides is 1. The van der Waals surface area contributed by atoms with Crippen molar-refractivity contribution >= 4 is 46.4 Å². The van der Waals surface area contributed by atoms with Crippen LogP contribution in [0.25, 0.3) is 11.0 Å². The number of aliphatic imine (C=N–C) groups is 1. The molecule has 4 rings (SSSR count). The monoisotopic (exact) mass is 573 g/mol. The van der Waals surface area contributed by atoms with Crippen molar-refractivity contribution < 1.29 is 28.6 Å². The molecule has 0 aliphatic carbocycles. The number of hydrogen-bond acceptors (Lipinski definition) is 10. The third-order valence-electron chi connectivity index (χ3n) is 6.37. The summed E-state index contributed by atoms with van der Waals surface area (Å²) in [6.45, 7) is 0.298. The van der Waals surface area contributed by atoms with Crippen LogP contribution in [0.15, 0.2) is 71.9 Å². The van der Waals surface area contributed by atoms with Crippen molar-refractivity contribution in [3.8, 4) is 0 Å². The minimum Gasteiger partial charge on any atom is -0.469 e. The van der Waals surface area contributed by atoms with Gasteiger partial charge in [0.1, 0.15) is 17.5 Å². The molecule has 0 aliphatic heterocycles. The molecule has 42 heavy (non-hydrogen) atoms. The number of aryl methyl sites for hydroxylation is 1. The fourth-order valence-corrected chi connectivity index (χ4v) is 4.08. The SMILES string of the molecule is COC(=O)CCN(C(=O)c1ccc2c(c1)nc(CNc1ccc(/C(N)=N\COC(=O)OC)cc1)n2C)c1ccccn1. The van der Waals surface area contributed by atoms with Gasteiger partial charge < -0.3 is 29.8 Å². The van der Waals surface area contributed by atoms with Gasteiger partial charge in [-0.05, 0) is 54.6 Å². The van der Waals surface area contributed by atoms with Gasteiger partial charge in [0.2, 0.25) is 0 Å². The first-order valence-electron chi connectivity index (χ1n) is 12.9. The number of anilines is 2. The number of carbonyl (C=O) groups excluding carboxylic acids is 3. The molecular weight excluding hydrogens is 542 g/mol. The van der Waals surface area contributed by atoms with E-state index in [2.05, 4.69) is 20.0 Å². The van der Waals surface area contributed by atoms with Crippen LogP contribution in [-0.4, -0.2) is 65.9 Å². The maximum Gasteiger partial charge on any atom is 0.509 e. The van der Waals surface area contributed by atoms with E-state index in [0.29, 0.717) is 29.0 Å². The van der Waals surface area contributed by atoms with Gasteiger partial charge in [-0.3, -0.25) is 14.5 Å². The first-order chi connectivity index (χ1) is 20.3. The number of nitrogens with one attached hydrogen (secondary N) is 1. The van der Waals surface area contributed by atoms with Crippen molar-refractivity contribution in [1.82, 2.24) is 14.5 Å². The molecule has 0 unspecified atom stereocenters. The summed E-state index contributed by atoms with van der Waals surface area (Å²) in [4.78, 5) is 50.8. The number of imidazole rings is 1. The largest absolute Gasteiger partial charge is 0.509 e. The number of pyridine rings is 1. The molecule has 218 valence electrons. The zero-order chi connectivity index (χ0) is 30.1. The van der Waals surface area contributed by atoms with E-state index >= 15 is 0 Å². The number of amidine groups is 1. The summed E-state index contributed by atoms with van der Waals surface area (Å²) in [5, 5.41) is 3.33. The van der Waals surface area contributed by atoms with Crippen molar-refractivity contribution in [2.75, 3.05) is 37.7 Å². The Kier molecular flexibility index (Phi) is 9.66. The second-order valence-corrected chi connectivity index (χ2v) is 8.96. The topological polar surface area (TPSA) is 163 Å². The van der Waals surface area contributed by atoms with Crippen LogP contribution >= 0.6 is 0 Å². The smallest absolute Gasteiger partial charge is 0.469 e. The third-order valence-corrected chi connectivity index (χ3v) is 6.37. The second kappa shape index (κ2) is 13.7. The number of nitrogens with two attached hydrogens (primary N) is 1. The van der Waals surface area contributed by atoms with Crippen LogP contribution in [0, 0.1) is 0 Å². The molecule has 0 fully saturated rings. The number of esters is 1. The molecule has 4 aromatic rings. The summed E-state index contributed by atoms with van der Waals surface area (Å²) in [7, 11) is 4.42. The van der Waals surface area contributed by atoms with Crippen molar-refractivity contribution in [2.45, 2.75) is 13.0 Å². The lowest BCUT2D eigenvalue weighted by molar-refractivity contribution is -0.140. The lowest BCUT2D eigenvalue weighted by Crippen LogP contribution is -2.33. The predicted octanol–water partition coefficient (Wildman–Crippen LogP) is 3.24. The minimum absolute atomic E-state index is 0.0324. The second-order valence-electron chi connectivity index (χ2n) is 8.96. The maximum atomic E-state index is 13.5. The number of benzene rings is 2. The van der Waals surface area contributed by atoms with Gasteiger partial charge in [0, 0.05) is 36.6 Å². The van der Waals surface area contributed by atoms with Crippen LogP contribution in [0.4, 0.5) is 16.3 Å². The lowest BCUT2D eigenvalue weighted by Gasteiger charge is -2.21. The number of methoxy groups -OCH3 is 2. The summed E-state index contributed by atoms with van der Waals surface area (Å²) in [6, 6.07) is 17.8. The molecule has 2 aromatic heterocycles. The van der Waals surface area contributed by atoms with E-state index in [-0.39, 0.29) is 31.4 Å². The molecule has 0 saturated heterocycles. The Balaban J connectivity index is 1.46. The van der Waals surface area contributed by atoms with Gasteiger partial charge in [0.25, 0.3) is 5.91 Å². The molecule has 13 heteroatoms. The Labute approximate surface area is 241 Å². The lowest BCUT2D eigenvalue weighted by atomic mass is 10.1.